The summed E-state index contributed by atoms with van der Waals surface area (Å²) in [6, 6.07) is 12.6. The Morgan fingerprint density at radius 3 is 2.83 bits per heavy atom. The highest BCUT2D eigenvalue weighted by Crippen LogP contribution is 2.30. The number of hydrogen-bond acceptors (Lipinski definition) is 6. The fraction of sp³-hybridized carbons (Fsp3) is 0.273. The molecular weight excluding hydrogens is 368 g/mol. The largest absolute Gasteiger partial charge is 0.465 e. The number of amides is 1. The van der Waals surface area contributed by atoms with Crippen LogP contribution in [0.15, 0.2) is 48.8 Å². The predicted octanol–water partition coefficient (Wildman–Crippen LogP) is 3.33. The van der Waals surface area contributed by atoms with Gasteiger partial charge in [-0.2, -0.15) is 0 Å². The van der Waals surface area contributed by atoms with E-state index in [4.69, 9.17) is 4.74 Å². The van der Waals surface area contributed by atoms with Crippen molar-refractivity contribution in [3.8, 4) is 0 Å². The van der Waals surface area contributed by atoms with Crippen molar-refractivity contribution in [1.82, 2.24) is 9.97 Å². The lowest BCUT2D eigenvalue weighted by molar-refractivity contribution is -0.117. The number of para-hydroxylation sites is 1. The Kier molecular flexibility index (Phi) is 5.12. The normalized spacial score (nSPS) is 16.1. The zero-order valence-electron chi connectivity index (χ0n) is 16.4. The van der Waals surface area contributed by atoms with E-state index in [2.05, 4.69) is 15.3 Å². The number of carbonyl (C=O) groups excluding carboxylic acids is 2. The molecule has 148 valence electrons. The molecule has 1 atom stereocenters. The van der Waals surface area contributed by atoms with E-state index in [0.29, 0.717) is 11.3 Å². The van der Waals surface area contributed by atoms with Crippen LogP contribution in [0.4, 0.5) is 11.5 Å². The molecule has 29 heavy (non-hydrogen) atoms. The lowest BCUT2D eigenvalue weighted by Gasteiger charge is -2.26. The van der Waals surface area contributed by atoms with Crippen molar-refractivity contribution in [1.29, 1.82) is 0 Å². The number of ether oxygens (including phenoxy) is 1. The number of aromatic nitrogens is 2. The van der Waals surface area contributed by atoms with Crippen molar-refractivity contribution in [3.63, 3.8) is 0 Å². The molecule has 1 amide bonds. The first-order chi connectivity index (χ1) is 14.1. The molecule has 0 aliphatic carbocycles. The van der Waals surface area contributed by atoms with Gasteiger partial charge in [-0.15, -0.1) is 0 Å². The monoisotopic (exact) mass is 390 g/mol. The Bertz CT molecular complexity index is 1080. The molecule has 1 fully saturated rings. The average molecular weight is 390 g/mol. The number of fused-ring (bicyclic) bond motifs is 1. The second kappa shape index (κ2) is 7.87. The Morgan fingerprint density at radius 1 is 1.17 bits per heavy atom. The average Bonchev–Trinajstić information content (AvgIpc) is 3.24. The highest BCUT2D eigenvalue weighted by Gasteiger charge is 2.33. The highest BCUT2D eigenvalue weighted by atomic mass is 16.5. The van der Waals surface area contributed by atoms with Crippen LogP contribution in [-0.4, -0.2) is 41.5 Å². The van der Waals surface area contributed by atoms with Crippen LogP contribution in [-0.2, 0) is 9.53 Å². The predicted molar refractivity (Wildman–Crippen MR) is 111 cm³/mol. The van der Waals surface area contributed by atoms with Gasteiger partial charge in [0.25, 0.3) is 0 Å². The fourth-order valence-electron chi connectivity index (χ4n) is 3.73. The number of nitrogens with zero attached hydrogens (tertiary/aromatic N) is 3. The minimum absolute atomic E-state index is 0.115. The SMILES string of the molecule is COC(=O)c1ccc(C)c(NC(=O)C2CCCN2c2ncnc3ccccc23)c1. The number of anilines is 2. The number of carbonyl (C=O) groups is 2. The number of aryl methyl sites for hydroxylation is 1. The highest BCUT2D eigenvalue weighted by molar-refractivity contribution is 6.00. The van der Waals surface area contributed by atoms with Gasteiger partial charge in [-0.3, -0.25) is 4.79 Å². The van der Waals surface area contributed by atoms with Gasteiger partial charge in [0.2, 0.25) is 5.91 Å². The summed E-state index contributed by atoms with van der Waals surface area (Å²) in [5.41, 5.74) is 2.74. The van der Waals surface area contributed by atoms with E-state index >= 15 is 0 Å². The van der Waals surface area contributed by atoms with Crippen LogP contribution >= 0.6 is 0 Å². The van der Waals surface area contributed by atoms with E-state index in [1.807, 2.05) is 36.1 Å². The second-order valence-electron chi connectivity index (χ2n) is 7.08. The second-order valence-corrected chi connectivity index (χ2v) is 7.08. The zero-order chi connectivity index (χ0) is 20.4. The first kappa shape index (κ1) is 18.9. The summed E-state index contributed by atoms with van der Waals surface area (Å²) in [6.45, 7) is 2.64. The van der Waals surface area contributed by atoms with Gasteiger partial charge in [0.1, 0.15) is 18.2 Å². The Labute approximate surface area is 168 Å². The van der Waals surface area contributed by atoms with Gasteiger partial charge < -0.3 is 15.0 Å². The molecule has 1 saturated heterocycles. The van der Waals surface area contributed by atoms with Gasteiger partial charge >= 0.3 is 5.97 Å². The number of benzene rings is 2. The summed E-state index contributed by atoms with van der Waals surface area (Å²) in [5, 5.41) is 3.92. The van der Waals surface area contributed by atoms with Crippen molar-refractivity contribution >= 4 is 34.3 Å². The molecule has 4 rings (SSSR count). The minimum Gasteiger partial charge on any atom is -0.465 e. The quantitative estimate of drug-likeness (QED) is 0.688. The standard InChI is InChI=1S/C22H22N4O3/c1-14-9-10-15(22(28)29-2)12-18(14)25-21(27)19-8-5-11-26(19)20-16-6-3-4-7-17(16)23-13-24-20/h3-4,6-7,9-10,12-13,19H,5,8,11H2,1-2H3,(H,25,27). The summed E-state index contributed by atoms with van der Waals surface area (Å²) in [6.07, 6.45) is 3.17. The maximum Gasteiger partial charge on any atom is 0.337 e. The summed E-state index contributed by atoms with van der Waals surface area (Å²) in [5.74, 6) is 0.221. The van der Waals surface area contributed by atoms with Gasteiger partial charge in [-0.05, 0) is 49.6 Å². The zero-order valence-corrected chi connectivity index (χ0v) is 16.4. The first-order valence-electron chi connectivity index (χ1n) is 9.54. The van der Waals surface area contributed by atoms with E-state index in [9.17, 15) is 9.59 Å². The Hall–Kier alpha value is -3.48. The van der Waals surface area contributed by atoms with E-state index in [1.165, 1.54) is 13.4 Å². The molecule has 1 aliphatic heterocycles. The maximum atomic E-state index is 13.1. The number of nitrogens with one attached hydrogen (secondary N) is 1. The molecule has 2 aromatic carbocycles. The molecule has 1 aliphatic rings. The van der Waals surface area contributed by atoms with Crippen molar-refractivity contribution in [3.05, 3.63) is 59.9 Å². The van der Waals surface area contributed by atoms with Gasteiger partial charge in [-0.1, -0.05) is 18.2 Å². The molecule has 2 heterocycles. The molecule has 0 bridgehead atoms. The molecule has 0 spiro atoms. The third-order valence-corrected chi connectivity index (χ3v) is 5.27. The number of methoxy groups -OCH3 is 1. The number of hydrogen-bond donors (Lipinski definition) is 1. The van der Waals surface area contributed by atoms with Gasteiger partial charge in [0, 0.05) is 17.6 Å². The molecule has 7 nitrogen and oxygen atoms in total. The molecule has 1 unspecified atom stereocenters. The minimum atomic E-state index is -0.435. The van der Waals surface area contributed by atoms with Crippen LogP contribution in [0.5, 0.6) is 0 Å². The van der Waals surface area contributed by atoms with Crippen LogP contribution in [0.2, 0.25) is 0 Å². The molecule has 0 saturated carbocycles. The Balaban J connectivity index is 1.61. The molecule has 7 heteroatoms. The van der Waals surface area contributed by atoms with Crippen molar-refractivity contribution in [2.24, 2.45) is 0 Å². The summed E-state index contributed by atoms with van der Waals surface area (Å²) in [4.78, 5) is 35.8. The Morgan fingerprint density at radius 2 is 2.00 bits per heavy atom. The lowest BCUT2D eigenvalue weighted by atomic mass is 10.1. The van der Waals surface area contributed by atoms with Crippen LogP contribution in [0.1, 0.15) is 28.8 Å². The van der Waals surface area contributed by atoms with Crippen LogP contribution in [0.3, 0.4) is 0 Å². The van der Waals surface area contributed by atoms with Crippen molar-refractivity contribution in [2.75, 3.05) is 23.9 Å². The molecule has 3 aromatic rings. The topological polar surface area (TPSA) is 84.4 Å². The van der Waals surface area contributed by atoms with Crippen LogP contribution in [0, 0.1) is 6.92 Å². The number of rotatable bonds is 4. The third-order valence-electron chi connectivity index (χ3n) is 5.27. The molecule has 1 N–H and O–H groups in total. The van der Waals surface area contributed by atoms with E-state index < -0.39 is 5.97 Å². The van der Waals surface area contributed by atoms with Crippen molar-refractivity contribution < 1.29 is 14.3 Å². The van der Waals surface area contributed by atoms with Gasteiger partial charge in [0.15, 0.2) is 0 Å². The van der Waals surface area contributed by atoms with E-state index in [1.54, 1.807) is 18.2 Å². The van der Waals surface area contributed by atoms with Gasteiger partial charge in [0.05, 0.1) is 18.2 Å². The van der Waals surface area contributed by atoms with Gasteiger partial charge in [-0.25, -0.2) is 14.8 Å². The molecule has 0 radical (unpaired) electrons. The maximum absolute atomic E-state index is 13.1. The summed E-state index contributed by atoms with van der Waals surface area (Å²) < 4.78 is 4.78. The fourth-order valence-corrected chi connectivity index (χ4v) is 3.73. The summed E-state index contributed by atoms with van der Waals surface area (Å²) in [7, 11) is 1.34. The lowest BCUT2D eigenvalue weighted by Crippen LogP contribution is -2.40. The van der Waals surface area contributed by atoms with Crippen molar-refractivity contribution in [2.45, 2.75) is 25.8 Å². The smallest absolute Gasteiger partial charge is 0.337 e. The third kappa shape index (κ3) is 3.63. The summed E-state index contributed by atoms with van der Waals surface area (Å²) >= 11 is 0. The number of esters is 1. The van der Waals surface area contributed by atoms with E-state index in [0.717, 1.165) is 41.7 Å². The molecular formula is C22H22N4O3. The van der Waals surface area contributed by atoms with Crippen LogP contribution < -0.4 is 10.2 Å². The first-order valence-corrected chi connectivity index (χ1v) is 9.54. The molecule has 1 aromatic heterocycles. The van der Waals surface area contributed by atoms with Crippen LogP contribution in [0.25, 0.3) is 10.9 Å². The van der Waals surface area contributed by atoms with E-state index in [-0.39, 0.29) is 11.9 Å².